The molecule has 1 fully saturated rings. The Balaban J connectivity index is 1.85. The number of quaternary nitrogens is 1. The molecule has 1 aromatic rings. The van der Waals surface area contributed by atoms with Crippen LogP contribution in [0, 0.1) is 0 Å². The van der Waals surface area contributed by atoms with Gasteiger partial charge >= 0.3 is 0 Å². The van der Waals surface area contributed by atoms with Crippen molar-refractivity contribution in [1.82, 2.24) is 0 Å². The van der Waals surface area contributed by atoms with Gasteiger partial charge in [-0.3, -0.25) is 9.59 Å². The van der Waals surface area contributed by atoms with Crippen LogP contribution in [0.15, 0.2) is 24.3 Å². The normalized spacial score (nSPS) is 16.0. The van der Waals surface area contributed by atoms with Gasteiger partial charge in [-0.05, 0) is 24.3 Å². The lowest BCUT2D eigenvalue weighted by Crippen LogP contribution is -3.15. The van der Waals surface area contributed by atoms with Crippen LogP contribution in [0.25, 0.3) is 0 Å². The number of morpholine rings is 1. The minimum atomic E-state index is -0.476. The molecule has 0 saturated carbocycles. The Bertz CT molecular complexity index is 453. The molecule has 1 aliphatic rings. The molecule has 6 heteroatoms. The standard InChI is InChI=1S/C13H17N3O3/c14-13(18)10-1-3-11(4-2-10)15-12(17)9-16-5-7-19-8-6-16/h1-4H,5-9H2,(H2,14,18)(H,15,17)/p+1. The van der Waals surface area contributed by atoms with Crippen molar-refractivity contribution < 1.29 is 19.2 Å². The van der Waals surface area contributed by atoms with Gasteiger partial charge < -0.3 is 20.7 Å². The van der Waals surface area contributed by atoms with Gasteiger partial charge in [-0.25, -0.2) is 0 Å². The Morgan fingerprint density at radius 2 is 1.84 bits per heavy atom. The van der Waals surface area contributed by atoms with Crippen LogP contribution in [0.4, 0.5) is 5.69 Å². The average Bonchev–Trinajstić information content (AvgIpc) is 2.40. The first-order chi connectivity index (χ1) is 9.15. The van der Waals surface area contributed by atoms with Crippen molar-refractivity contribution in [1.29, 1.82) is 0 Å². The van der Waals surface area contributed by atoms with Crippen LogP contribution in [-0.2, 0) is 9.53 Å². The molecule has 102 valence electrons. The second-order valence-electron chi connectivity index (χ2n) is 4.53. The summed E-state index contributed by atoms with van der Waals surface area (Å²) in [5.74, 6) is -0.514. The molecule has 4 N–H and O–H groups in total. The monoisotopic (exact) mass is 264 g/mol. The summed E-state index contributed by atoms with van der Waals surface area (Å²) in [7, 11) is 0. The Labute approximate surface area is 111 Å². The minimum Gasteiger partial charge on any atom is -0.370 e. The number of nitrogens with two attached hydrogens (primary N) is 1. The highest BCUT2D eigenvalue weighted by Gasteiger charge is 2.17. The van der Waals surface area contributed by atoms with Crippen LogP contribution in [0.2, 0.25) is 0 Å². The molecule has 0 unspecified atom stereocenters. The van der Waals surface area contributed by atoms with Crippen molar-refractivity contribution in [2.45, 2.75) is 0 Å². The zero-order valence-corrected chi connectivity index (χ0v) is 10.6. The van der Waals surface area contributed by atoms with E-state index in [0.29, 0.717) is 31.0 Å². The highest BCUT2D eigenvalue weighted by molar-refractivity contribution is 5.95. The third kappa shape index (κ3) is 4.04. The van der Waals surface area contributed by atoms with Crippen molar-refractivity contribution in [2.75, 3.05) is 38.2 Å². The highest BCUT2D eigenvalue weighted by atomic mass is 16.5. The molecule has 1 aliphatic heterocycles. The van der Waals surface area contributed by atoms with E-state index in [4.69, 9.17) is 10.5 Å². The number of primary amides is 1. The minimum absolute atomic E-state index is 0.0382. The summed E-state index contributed by atoms with van der Waals surface area (Å²) >= 11 is 0. The van der Waals surface area contributed by atoms with Crippen LogP contribution in [0.3, 0.4) is 0 Å². The fourth-order valence-electron chi connectivity index (χ4n) is 1.99. The lowest BCUT2D eigenvalue weighted by atomic mass is 10.2. The van der Waals surface area contributed by atoms with E-state index in [0.717, 1.165) is 13.1 Å². The smallest absolute Gasteiger partial charge is 0.279 e. The first-order valence-electron chi connectivity index (χ1n) is 6.26. The lowest BCUT2D eigenvalue weighted by molar-refractivity contribution is -0.899. The number of hydrogen-bond donors (Lipinski definition) is 3. The predicted molar refractivity (Wildman–Crippen MR) is 70.0 cm³/mol. The van der Waals surface area contributed by atoms with Crippen molar-refractivity contribution in [2.24, 2.45) is 5.73 Å². The van der Waals surface area contributed by atoms with Crippen molar-refractivity contribution in [3.8, 4) is 0 Å². The summed E-state index contributed by atoms with van der Waals surface area (Å²) < 4.78 is 5.24. The quantitative estimate of drug-likeness (QED) is 0.628. The Hall–Kier alpha value is -1.92. The zero-order chi connectivity index (χ0) is 13.7. The molecule has 1 heterocycles. The van der Waals surface area contributed by atoms with E-state index in [1.807, 2.05) is 0 Å². The maximum absolute atomic E-state index is 11.8. The molecular weight excluding hydrogens is 246 g/mol. The fraction of sp³-hybridized carbons (Fsp3) is 0.385. The van der Waals surface area contributed by atoms with Crippen LogP contribution in [0.5, 0.6) is 0 Å². The van der Waals surface area contributed by atoms with Gasteiger partial charge in [0.05, 0.1) is 13.2 Å². The third-order valence-corrected chi connectivity index (χ3v) is 3.06. The summed E-state index contributed by atoms with van der Waals surface area (Å²) in [6.07, 6.45) is 0. The predicted octanol–water partition coefficient (Wildman–Crippen LogP) is -1.36. The van der Waals surface area contributed by atoms with Gasteiger partial charge in [0.2, 0.25) is 5.91 Å². The first kappa shape index (κ1) is 13.5. The van der Waals surface area contributed by atoms with E-state index in [2.05, 4.69) is 5.32 Å². The molecule has 1 aromatic carbocycles. The van der Waals surface area contributed by atoms with Crippen LogP contribution < -0.4 is 16.0 Å². The fourth-order valence-corrected chi connectivity index (χ4v) is 1.99. The number of hydrogen-bond acceptors (Lipinski definition) is 3. The van der Waals surface area contributed by atoms with Gasteiger partial charge in [-0.1, -0.05) is 0 Å². The maximum atomic E-state index is 11.8. The number of carbonyl (C=O) groups is 2. The molecule has 19 heavy (non-hydrogen) atoms. The van der Waals surface area contributed by atoms with Gasteiger partial charge in [0.1, 0.15) is 13.1 Å². The second-order valence-corrected chi connectivity index (χ2v) is 4.53. The van der Waals surface area contributed by atoms with Crippen molar-refractivity contribution in [3.63, 3.8) is 0 Å². The SMILES string of the molecule is NC(=O)c1ccc(NC(=O)C[NH+]2CCOCC2)cc1. The summed E-state index contributed by atoms with van der Waals surface area (Å²) in [4.78, 5) is 24.0. The third-order valence-electron chi connectivity index (χ3n) is 3.06. The number of amides is 2. The van der Waals surface area contributed by atoms with E-state index in [1.165, 1.54) is 4.90 Å². The lowest BCUT2D eigenvalue weighted by Gasteiger charge is -2.23. The first-order valence-corrected chi connectivity index (χ1v) is 6.26. The number of nitrogens with one attached hydrogen (secondary N) is 2. The number of benzene rings is 1. The largest absolute Gasteiger partial charge is 0.370 e. The number of rotatable bonds is 4. The highest BCUT2D eigenvalue weighted by Crippen LogP contribution is 2.08. The molecule has 0 spiro atoms. The van der Waals surface area contributed by atoms with Gasteiger partial charge in [0.25, 0.3) is 5.91 Å². The summed E-state index contributed by atoms with van der Waals surface area (Å²) in [5.41, 5.74) is 6.24. The second kappa shape index (κ2) is 6.31. The molecule has 2 amide bonds. The topological polar surface area (TPSA) is 85.9 Å². The molecule has 0 bridgehead atoms. The summed E-state index contributed by atoms with van der Waals surface area (Å²) in [6, 6.07) is 6.54. The Morgan fingerprint density at radius 1 is 1.21 bits per heavy atom. The molecule has 0 radical (unpaired) electrons. The molecule has 2 rings (SSSR count). The average molecular weight is 264 g/mol. The van der Waals surface area contributed by atoms with E-state index >= 15 is 0 Å². The van der Waals surface area contributed by atoms with Crippen molar-refractivity contribution >= 4 is 17.5 Å². The van der Waals surface area contributed by atoms with E-state index in [9.17, 15) is 9.59 Å². The summed E-state index contributed by atoms with van der Waals surface area (Å²) in [5, 5.41) is 2.80. The molecular formula is C13H18N3O3+. The van der Waals surface area contributed by atoms with Crippen molar-refractivity contribution in [3.05, 3.63) is 29.8 Å². The van der Waals surface area contributed by atoms with E-state index in [1.54, 1.807) is 24.3 Å². The number of ether oxygens (including phenoxy) is 1. The maximum Gasteiger partial charge on any atom is 0.279 e. The van der Waals surface area contributed by atoms with Gasteiger partial charge in [-0.15, -0.1) is 0 Å². The van der Waals surface area contributed by atoms with Crippen LogP contribution >= 0.6 is 0 Å². The van der Waals surface area contributed by atoms with E-state index < -0.39 is 5.91 Å². The molecule has 0 aromatic heterocycles. The Morgan fingerprint density at radius 3 is 2.42 bits per heavy atom. The van der Waals surface area contributed by atoms with Gasteiger partial charge in [-0.2, -0.15) is 0 Å². The number of anilines is 1. The molecule has 6 nitrogen and oxygen atoms in total. The summed E-state index contributed by atoms with van der Waals surface area (Å²) in [6.45, 7) is 3.55. The molecule has 0 aliphatic carbocycles. The molecule has 0 atom stereocenters. The zero-order valence-electron chi connectivity index (χ0n) is 10.6. The number of carbonyl (C=O) groups excluding carboxylic acids is 2. The van der Waals surface area contributed by atoms with Crippen LogP contribution in [0.1, 0.15) is 10.4 Å². The van der Waals surface area contributed by atoms with Gasteiger partial charge in [0, 0.05) is 11.3 Å². The van der Waals surface area contributed by atoms with Crippen LogP contribution in [-0.4, -0.2) is 44.7 Å². The Kier molecular flexibility index (Phi) is 4.48. The molecule has 1 saturated heterocycles. The van der Waals surface area contributed by atoms with E-state index in [-0.39, 0.29) is 5.91 Å². The van der Waals surface area contributed by atoms with Gasteiger partial charge in [0.15, 0.2) is 6.54 Å².